The monoisotopic (exact) mass is 128 g/mol. The van der Waals surface area contributed by atoms with Crippen molar-refractivity contribution in [3.05, 3.63) is 24.6 Å². The molecule has 0 heterocycles. The van der Waals surface area contributed by atoms with Gasteiger partial charge in [0.05, 0.1) is 6.10 Å². The molecule has 0 aromatic rings. The highest BCUT2D eigenvalue weighted by molar-refractivity contribution is 4.98. The summed E-state index contributed by atoms with van der Waals surface area (Å²) in [5.74, 6) is 0. The lowest BCUT2D eigenvalue weighted by Gasteiger charge is -2.04. The summed E-state index contributed by atoms with van der Waals surface area (Å²) in [7, 11) is 0. The van der Waals surface area contributed by atoms with E-state index >= 15 is 0 Å². The maximum Gasteiger partial charge on any atom is 0.0961 e. The molecule has 0 amide bonds. The lowest BCUT2D eigenvalue weighted by molar-refractivity contribution is 0.213. The van der Waals surface area contributed by atoms with Crippen LogP contribution in [0.2, 0.25) is 0 Å². The first kappa shape index (κ1) is 8.04. The van der Waals surface area contributed by atoms with Gasteiger partial charge in [0.15, 0.2) is 0 Å². The molecule has 1 atom stereocenters. The number of aliphatic hydroxyl groups is 1. The fourth-order valence-electron chi connectivity index (χ4n) is 0.359. The Hall–Kier alpha value is -0.960. The molecule has 3 heteroatoms. The molecular formula is C6H12N2O. The summed E-state index contributed by atoms with van der Waals surface area (Å²) < 4.78 is 0. The van der Waals surface area contributed by atoms with E-state index in [9.17, 15) is 0 Å². The van der Waals surface area contributed by atoms with Crippen molar-refractivity contribution >= 4 is 0 Å². The van der Waals surface area contributed by atoms with Crippen molar-refractivity contribution in [3.8, 4) is 0 Å². The van der Waals surface area contributed by atoms with Crippen LogP contribution < -0.4 is 11.5 Å². The van der Waals surface area contributed by atoms with Crippen LogP contribution >= 0.6 is 0 Å². The van der Waals surface area contributed by atoms with Gasteiger partial charge in [-0.05, 0) is 12.6 Å². The molecule has 0 fully saturated rings. The van der Waals surface area contributed by atoms with E-state index in [2.05, 4.69) is 6.58 Å². The highest BCUT2D eigenvalue weighted by atomic mass is 16.3. The third kappa shape index (κ3) is 3.61. The highest BCUT2D eigenvalue weighted by Crippen LogP contribution is 1.96. The van der Waals surface area contributed by atoms with Gasteiger partial charge in [-0.15, -0.1) is 0 Å². The van der Waals surface area contributed by atoms with Crippen molar-refractivity contribution in [1.82, 2.24) is 0 Å². The molecule has 0 rings (SSSR count). The Labute approximate surface area is 54.7 Å². The zero-order valence-corrected chi connectivity index (χ0v) is 5.25. The largest absolute Gasteiger partial charge is 0.405 e. The average molecular weight is 128 g/mol. The van der Waals surface area contributed by atoms with Gasteiger partial charge in [0, 0.05) is 5.70 Å². The molecule has 0 aliphatic heterocycles. The van der Waals surface area contributed by atoms with Gasteiger partial charge >= 0.3 is 0 Å². The summed E-state index contributed by atoms with van der Waals surface area (Å²) in [6, 6.07) is 0. The Bertz CT molecular complexity index is 120. The van der Waals surface area contributed by atoms with Crippen LogP contribution in [0.25, 0.3) is 0 Å². The summed E-state index contributed by atoms with van der Waals surface area (Å²) in [5.41, 5.74) is 10.4. The van der Waals surface area contributed by atoms with Gasteiger partial charge in [0.1, 0.15) is 0 Å². The maximum absolute atomic E-state index is 8.93. The van der Waals surface area contributed by atoms with Crippen molar-refractivity contribution in [3.63, 3.8) is 0 Å². The first-order chi connectivity index (χ1) is 4.18. The summed E-state index contributed by atoms with van der Waals surface area (Å²) in [6.45, 7) is 3.36. The minimum absolute atomic E-state index is 0.271. The van der Waals surface area contributed by atoms with Crippen LogP contribution in [0.4, 0.5) is 0 Å². The van der Waals surface area contributed by atoms with Gasteiger partial charge in [0.25, 0.3) is 0 Å². The molecule has 52 valence electrons. The quantitative estimate of drug-likeness (QED) is 0.488. The minimum Gasteiger partial charge on any atom is -0.405 e. The van der Waals surface area contributed by atoms with Crippen LogP contribution in [0.1, 0.15) is 6.42 Å². The maximum atomic E-state index is 8.93. The smallest absolute Gasteiger partial charge is 0.0961 e. The Balaban J connectivity index is 3.50. The molecule has 0 aliphatic carbocycles. The Morgan fingerprint density at radius 2 is 2.33 bits per heavy atom. The fourth-order valence-corrected chi connectivity index (χ4v) is 0.359. The second kappa shape index (κ2) is 3.97. The van der Waals surface area contributed by atoms with E-state index in [1.165, 1.54) is 6.20 Å². The van der Waals surface area contributed by atoms with Crippen LogP contribution in [0.3, 0.4) is 0 Å². The van der Waals surface area contributed by atoms with Crippen LogP contribution in [-0.2, 0) is 0 Å². The summed E-state index contributed by atoms with van der Waals surface area (Å²) >= 11 is 0. The number of rotatable bonds is 3. The average Bonchev–Trinajstić information content (AvgIpc) is 1.82. The van der Waals surface area contributed by atoms with E-state index in [0.29, 0.717) is 6.42 Å². The molecule has 0 bridgehead atoms. The van der Waals surface area contributed by atoms with Crippen LogP contribution in [0, 0.1) is 0 Å². The summed E-state index contributed by atoms with van der Waals surface area (Å²) in [4.78, 5) is 0. The number of hydrogen-bond donors (Lipinski definition) is 3. The van der Waals surface area contributed by atoms with Crippen molar-refractivity contribution in [2.24, 2.45) is 11.5 Å². The van der Waals surface area contributed by atoms with Crippen molar-refractivity contribution in [2.75, 3.05) is 0 Å². The molecule has 0 saturated carbocycles. The fraction of sp³-hybridized carbons (Fsp3) is 0.333. The van der Waals surface area contributed by atoms with Crippen molar-refractivity contribution in [2.45, 2.75) is 12.5 Å². The van der Waals surface area contributed by atoms with E-state index < -0.39 is 6.10 Å². The lowest BCUT2D eigenvalue weighted by Crippen LogP contribution is -2.14. The van der Waals surface area contributed by atoms with Gasteiger partial charge in [-0.1, -0.05) is 12.7 Å². The highest BCUT2D eigenvalue weighted by Gasteiger charge is 1.99. The molecule has 0 aromatic carbocycles. The Morgan fingerprint density at radius 3 is 2.67 bits per heavy atom. The van der Waals surface area contributed by atoms with Crippen LogP contribution in [0.15, 0.2) is 24.6 Å². The van der Waals surface area contributed by atoms with E-state index in [1.807, 2.05) is 0 Å². The zero-order valence-electron chi connectivity index (χ0n) is 5.25. The molecule has 0 aromatic heterocycles. The van der Waals surface area contributed by atoms with Crippen molar-refractivity contribution in [1.29, 1.82) is 0 Å². The first-order valence-corrected chi connectivity index (χ1v) is 2.67. The third-order valence-electron chi connectivity index (χ3n) is 0.923. The predicted molar refractivity (Wildman–Crippen MR) is 37.3 cm³/mol. The van der Waals surface area contributed by atoms with Crippen LogP contribution in [0.5, 0.6) is 0 Å². The topological polar surface area (TPSA) is 72.3 Å². The molecule has 0 saturated heterocycles. The SMILES string of the molecule is C=C(N)C(O)C/C=C\N. The Morgan fingerprint density at radius 1 is 1.78 bits per heavy atom. The van der Waals surface area contributed by atoms with Gasteiger partial charge in [-0.25, -0.2) is 0 Å². The first-order valence-electron chi connectivity index (χ1n) is 2.67. The second-order valence-electron chi connectivity index (χ2n) is 1.75. The molecule has 1 unspecified atom stereocenters. The summed E-state index contributed by atoms with van der Waals surface area (Å²) in [6.07, 6.45) is 2.77. The molecule has 0 spiro atoms. The van der Waals surface area contributed by atoms with Crippen LogP contribution in [-0.4, -0.2) is 11.2 Å². The standard InChI is InChI=1S/C6H12N2O/c1-5(8)6(9)3-2-4-7/h2,4,6,9H,1,3,7-8H2/b4-2-. The predicted octanol–water partition coefficient (Wildman–Crippen LogP) is -0.318. The van der Waals surface area contributed by atoms with Gasteiger partial charge < -0.3 is 16.6 Å². The Kier molecular flexibility index (Phi) is 3.55. The van der Waals surface area contributed by atoms with E-state index in [-0.39, 0.29) is 5.70 Å². The third-order valence-corrected chi connectivity index (χ3v) is 0.923. The molecule has 9 heavy (non-hydrogen) atoms. The molecular weight excluding hydrogens is 116 g/mol. The molecule has 0 aliphatic rings. The second-order valence-corrected chi connectivity index (χ2v) is 1.75. The number of hydrogen-bond acceptors (Lipinski definition) is 3. The summed E-state index contributed by atoms with van der Waals surface area (Å²) in [5, 5.41) is 8.93. The molecule has 0 radical (unpaired) electrons. The van der Waals surface area contributed by atoms with E-state index in [4.69, 9.17) is 16.6 Å². The number of nitrogens with two attached hydrogens (primary N) is 2. The van der Waals surface area contributed by atoms with Gasteiger partial charge in [0.2, 0.25) is 0 Å². The normalized spacial score (nSPS) is 13.9. The number of aliphatic hydroxyl groups excluding tert-OH is 1. The van der Waals surface area contributed by atoms with E-state index in [0.717, 1.165) is 0 Å². The van der Waals surface area contributed by atoms with E-state index in [1.54, 1.807) is 6.08 Å². The van der Waals surface area contributed by atoms with Gasteiger partial charge in [-0.3, -0.25) is 0 Å². The molecule has 5 N–H and O–H groups in total. The lowest BCUT2D eigenvalue weighted by atomic mass is 10.2. The van der Waals surface area contributed by atoms with Crippen molar-refractivity contribution < 1.29 is 5.11 Å². The molecule has 3 nitrogen and oxygen atoms in total. The van der Waals surface area contributed by atoms with Gasteiger partial charge in [-0.2, -0.15) is 0 Å². The minimum atomic E-state index is -0.662. The zero-order chi connectivity index (χ0) is 7.28.